The van der Waals surface area contributed by atoms with E-state index < -0.39 is 0 Å². The Bertz CT molecular complexity index is 1230. The number of fused-ring (bicyclic) bond motifs is 5. The molecule has 0 aliphatic carbocycles. The van der Waals surface area contributed by atoms with Crippen LogP contribution < -0.4 is 4.90 Å². The zero-order chi connectivity index (χ0) is 21.6. The normalized spacial score (nSPS) is 15.5. The fourth-order valence-corrected chi connectivity index (χ4v) is 5.58. The molecule has 4 aromatic rings. The first kappa shape index (κ1) is 20.4. The van der Waals surface area contributed by atoms with Crippen molar-refractivity contribution in [3.63, 3.8) is 0 Å². The van der Waals surface area contributed by atoms with Crippen LogP contribution in [0.25, 0.3) is 31.9 Å². The lowest BCUT2D eigenvalue weighted by molar-refractivity contribution is -0.0395. The van der Waals surface area contributed by atoms with Gasteiger partial charge in [-0.25, -0.2) is 15.0 Å². The van der Waals surface area contributed by atoms with Crippen LogP contribution >= 0.6 is 11.3 Å². The van der Waals surface area contributed by atoms with E-state index in [2.05, 4.69) is 32.6 Å². The lowest BCUT2D eigenvalue weighted by Crippen LogP contribution is -2.32. The van der Waals surface area contributed by atoms with Crippen molar-refractivity contribution >= 4 is 37.6 Å². The van der Waals surface area contributed by atoms with Crippen LogP contribution in [0.2, 0.25) is 0 Å². The molecule has 31 heavy (non-hydrogen) atoms. The summed E-state index contributed by atoms with van der Waals surface area (Å²) < 4.78 is 13.0. The first-order valence-corrected chi connectivity index (χ1v) is 11.9. The molecule has 0 bridgehead atoms. The summed E-state index contributed by atoms with van der Waals surface area (Å²) in [5.41, 5.74) is 4.04. The number of nitrogens with zero attached hydrogens (tertiary/aromatic N) is 4. The third-order valence-corrected chi connectivity index (χ3v) is 7.10. The Hall–Kier alpha value is -2.51. The zero-order valence-corrected chi connectivity index (χ0v) is 19.4. The molecule has 0 radical (unpaired) electrons. The van der Waals surface area contributed by atoms with E-state index in [1.165, 1.54) is 5.56 Å². The maximum atomic E-state index is 6.17. The Labute approximate surface area is 186 Å². The van der Waals surface area contributed by atoms with E-state index in [9.17, 15) is 0 Å². The number of hydrogen-bond donors (Lipinski definition) is 0. The molecule has 1 aliphatic heterocycles. The quantitative estimate of drug-likeness (QED) is 0.371. The van der Waals surface area contributed by atoms with Gasteiger partial charge >= 0.3 is 0 Å². The molecule has 0 atom stereocenters. The number of hydrogen-bond acceptors (Lipinski definition) is 7. The Kier molecular flexibility index (Phi) is 5.18. The molecule has 0 unspecified atom stereocenters. The van der Waals surface area contributed by atoms with Crippen molar-refractivity contribution < 1.29 is 9.15 Å². The highest BCUT2D eigenvalue weighted by Crippen LogP contribution is 2.44. The summed E-state index contributed by atoms with van der Waals surface area (Å²) in [5.74, 6) is 1.80. The second kappa shape index (κ2) is 7.88. The number of pyridine rings is 1. The molecular weight excluding hydrogens is 408 g/mol. The van der Waals surface area contributed by atoms with Crippen LogP contribution in [0.1, 0.15) is 51.7 Å². The average molecular weight is 437 g/mol. The van der Waals surface area contributed by atoms with Crippen molar-refractivity contribution in [2.75, 3.05) is 18.0 Å². The van der Waals surface area contributed by atoms with Gasteiger partial charge in [0.15, 0.2) is 5.76 Å². The van der Waals surface area contributed by atoms with Gasteiger partial charge in [-0.3, -0.25) is 0 Å². The minimum absolute atomic E-state index is 0.234. The number of anilines is 1. The van der Waals surface area contributed by atoms with Gasteiger partial charge in [-0.15, -0.1) is 11.3 Å². The molecule has 0 saturated heterocycles. The molecule has 162 valence electrons. The fraction of sp³-hybridized carbons (Fsp3) is 0.458. The molecule has 0 aromatic carbocycles. The lowest BCUT2D eigenvalue weighted by atomic mass is 9.89. The van der Waals surface area contributed by atoms with E-state index in [0.717, 1.165) is 75.6 Å². The van der Waals surface area contributed by atoms with Gasteiger partial charge in [0.2, 0.25) is 0 Å². The van der Waals surface area contributed by atoms with Crippen LogP contribution in [0.15, 0.2) is 29.1 Å². The molecule has 0 spiro atoms. The monoisotopic (exact) mass is 436 g/mol. The fourth-order valence-electron chi connectivity index (χ4n) is 4.40. The first-order valence-electron chi connectivity index (χ1n) is 11.0. The van der Waals surface area contributed by atoms with Crippen molar-refractivity contribution in [3.8, 4) is 11.5 Å². The molecule has 5 rings (SSSR count). The van der Waals surface area contributed by atoms with Gasteiger partial charge < -0.3 is 14.1 Å². The Morgan fingerprint density at radius 3 is 2.81 bits per heavy atom. The van der Waals surface area contributed by atoms with Gasteiger partial charge in [0, 0.05) is 30.5 Å². The van der Waals surface area contributed by atoms with Crippen LogP contribution in [0.3, 0.4) is 0 Å². The van der Waals surface area contributed by atoms with Crippen LogP contribution in [0.4, 0.5) is 5.82 Å². The third-order valence-electron chi connectivity index (χ3n) is 6.03. The minimum Gasteiger partial charge on any atom is -0.463 e. The predicted octanol–water partition coefficient (Wildman–Crippen LogP) is 5.98. The van der Waals surface area contributed by atoms with E-state index in [-0.39, 0.29) is 5.60 Å². The molecular formula is C24H28N4O2S. The minimum atomic E-state index is -0.234. The first-order chi connectivity index (χ1) is 15.0. The summed E-state index contributed by atoms with van der Waals surface area (Å²) in [5, 5.41) is 1.15. The zero-order valence-electron chi connectivity index (χ0n) is 18.6. The maximum Gasteiger partial charge on any atom is 0.152 e. The highest BCUT2D eigenvalue weighted by molar-refractivity contribution is 7.26. The highest BCUT2D eigenvalue weighted by atomic mass is 32.1. The Morgan fingerprint density at radius 2 is 2.06 bits per heavy atom. The van der Waals surface area contributed by atoms with Crippen LogP contribution in [0, 0.1) is 0 Å². The van der Waals surface area contributed by atoms with E-state index >= 15 is 0 Å². The van der Waals surface area contributed by atoms with E-state index in [4.69, 9.17) is 24.1 Å². The highest BCUT2D eigenvalue weighted by Gasteiger charge is 2.32. The summed E-state index contributed by atoms with van der Waals surface area (Å²) in [6, 6.07) is 3.87. The number of thiophene rings is 1. The van der Waals surface area contributed by atoms with Crippen molar-refractivity contribution in [2.45, 2.75) is 59.2 Å². The standard InChI is InChI=1S/C24H28N4O2S/c1-5-7-10-28(6-2)22-21-20(25-14-26-22)18-15-12-24(3,4)30-13-16(15)19(27-23(18)31-21)17-9-8-11-29-17/h8-9,11,14H,5-7,10,12-13H2,1-4H3. The molecule has 0 fully saturated rings. The topological polar surface area (TPSA) is 64.3 Å². The van der Waals surface area contributed by atoms with Gasteiger partial charge in [-0.1, -0.05) is 13.3 Å². The smallest absolute Gasteiger partial charge is 0.152 e. The molecule has 1 aliphatic rings. The molecule has 0 amide bonds. The molecule has 4 aromatic heterocycles. The molecule has 5 heterocycles. The molecule has 7 heteroatoms. The summed E-state index contributed by atoms with van der Waals surface area (Å²) in [6.45, 7) is 11.1. The van der Waals surface area contributed by atoms with Gasteiger partial charge in [0.25, 0.3) is 0 Å². The number of rotatable bonds is 6. The SMILES string of the molecule is CCCCN(CC)c1ncnc2c1sc1nc(-c3ccco3)c3c(c12)CC(C)(C)OC3. The van der Waals surface area contributed by atoms with E-state index in [1.807, 2.05) is 12.1 Å². The number of ether oxygens (including phenoxy) is 1. The van der Waals surface area contributed by atoms with E-state index in [1.54, 1.807) is 23.9 Å². The number of unbranched alkanes of at least 4 members (excludes halogenated alkanes) is 1. The van der Waals surface area contributed by atoms with Crippen molar-refractivity contribution in [1.29, 1.82) is 0 Å². The van der Waals surface area contributed by atoms with Crippen LogP contribution in [0.5, 0.6) is 0 Å². The molecule has 0 saturated carbocycles. The summed E-state index contributed by atoms with van der Waals surface area (Å²) in [7, 11) is 0. The summed E-state index contributed by atoms with van der Waals surface area (Å²) in [6.07, 6.45) is 6.52. The number of aromatic nitrogens is 3. The van der Waals surface area contributed by atoms with Crippen LogP contribution in [-0.2, 0) is 17.8 Å². The van der Waals surface area contributed by atoms with Gasteiger partial charge in [0.05, 0.1) is 28.7 Å². The average Bonchev–Trinajstić information content (AvgIpc) is 3.41. The van der Waals surface area contributed by atoms with Gasteiger partial charge in [-0.05, 0) is 44.9 Å². The van der Waals surface area contributed by atoms with Gasteiger partial charge in [-0.2, -0.15) is 0 Å². The Morgan fingerprint density at radius 1 is 1.19 bits per heavy atom. The summed E-state index contributed by atoms with van der Waals surface area (Å²) >= 11 is 1.69. The largest absolute Gasteiger partial charge is 0.463 e. The summed E-state index contributed by atoms with van der Waals surface area (Å²) in [4.78, 5) is 17.8. The number of furan rings is 1. The van der Waals surface area contributed by atoms with Gasteiger partial charge in [0.1, 0.15) is 22.7 Å². The van der Waals surface area contributed by atoms with Crippen molar-refractivity contribution in [2.24, 2.45) is 0 Å². The molecule has 6 nitrogen and oxygen atoms in total. The molecule has 0 N–H and O–H groups in total. The van der Waals surface area contributed by atoms with E-state index in [0.29, 0.717) is 6.61 Å². The van der Waals surface area contributed by atoms with Crippen LogP contribution in [-0.4, -0.2) is 33.6 Å². The predicted molar refractivity (Wildman–Crippen MR) is 126 cm³/mol. The van der Waals surface area contributed by atoms with Crippen molar-refractivity contribution in [3.05, 3.63) is 35.9 Å². The third kappa shape index (κ3) is 3.49. The van der Waals surface area contributed by atoms with Crippen molar-refractivity contribution in [1.82, 2.24) is 15.0 Å². The Balaban J connectivity index is 1.79. The second-order valence-electron chi connectivity index (χ2n) is 8.71. The maximum absolute atomic E-state index is 6.17. The lowest BCUT2D eigenvalue weighted by Gasteiger charge is -2.32. The second-order valence-corrected chi connectivity index (χ2v) is 9.71.